The molecule has 0 aliphatic carbocycles. The number of rotatable bonds is 7. The molecule has 15 heavy (non-hydrogen) atoms. The van der Waals surface area contributed by atoms with E-state index in [2.05, 4.69) is 24.5 Å². The second-order valence-corrected chi connectivity index (χ2v) is 3.76. The van der Waals surface area contributed by atoms with Gasteiger partial charge in [0, 0.05) is 13.5 Å². The van der Waals surface area contributed by atoms with Gasteiger partial charge < -0.3 is 15.7 Å². The van der Waals surface area contributed by atoms with E-state index in [1.807, 2.05) is 0 Å². The molecule has 0 bridgehead atoms. The molecule has 88 valence electrons. The molecule has 0 saturated heterocycles. The highest BCUT2D eigenvalue weighted by Gasteiger charge is 2.17. The summed E-state index contributed by atoms with van der Waals surface area (Å²) in [6.45, 7) is 6.50. The van der Waals surface area contributed by atoms with Crippen LogP contribution in [-0.2, 0) is 9.59 Å². The van der Waals surface area contributed by atoms with Crippen LogP contribution in [0.2, 0.25) is 0 Å². The lowest BCUT2D eigenvalue weighted by atomic mass is 10.1. The van der Waals surface area contributed by atoms with Gasteiger partial charge in [0.1, 0.15) is 6.04 Å². The topological polar surface area (TPSA) is 78.4 Å². The minimum Gasteiger partial charge on any atom is -0.480 e. The van der Waals surface area contributed by atoms with Gasteiger partial charge in [-0.3, -0.25) is 4.79 Å². The Balaban J connectivity index is 3.86. The Bertz CT molecular complexity index is 219. The molecule has 0 rings (SSSR count). The van der Waals surface area contributed by atoms with Crippen molar-refractivity contribution in [3.8, 4) is 0 Å². The fourth-order valence-corrected chi connectivity index (χ4v) is 1.06. The van der Waals surface area contributed by atoms with Crippen molar-refractivity contribution in [2.75, 3.05) is 13.1 Å². The lowest BCUT2D eigenvalue weighted by molar-refractivity contribution is -0.141. The Labute approximate surface area is 90.2 Å². The Hall–Kier alpha value is -1.10. The van der Waals surface area contributed by atoms with Crippen LogP contribution in [0.1, 0.15) is 27.2 Å². The summed E-state index contributed by atoms with van der Waals surface area (Å²) in [6, 6.07) is -0.841. The summed E-state index contributed by atoms with van der Waals surface area (Å²) < 4.78 is 0. The van der Waals surface area contributed by atoms with Gasteiger partial charge in [-0.2, -0.15) is 0 Å². The van der Waals surface area contributed by atoms with Gasteiger partial charge in [-0.05, 0) is 12.5 Å². The van der Waals surface area contributed by atoms with E-state index in [4.69, 9.17) is 5.11 Å². The zero-order chi connectivity index (χ0) is 11.8. The van der Waals surface area contributed by atoms with Gasteiger partial charge in [-0.15, -0.1) is 0 Å². The van der Waals surface area contributed by atoms with Crippen LogP contribution in [0, 0.1) is 5.92 Å². The fourth-order valence-electron chi connectivity index (χ4n) is 1.06. The standard InChI is InChI=1S/C10H20N2O3/c1-4-7(2)5-11-6-9(10(14)15)12-8(3)13/h7,9,11H,4-6H2,1-3H3,(H,12,13)(H,14,15). The Morgan fingerprint density at radius 1 is 1.33 bits per heavy atom. The average Bonchev–Trinajstić information content (AvgIpc) is 2.15. The van der Waals surface area contributed by atoms with Gasteiger partial charge >= 0.3 is 5.97 Å². The predicted octanol–water partition coefficient (Wildman–Crippen LogP) is 0.211. The first kappa shape index (κ1) is 13.9. The van der Waals surface area contributed by atoms with Crippen molar-refractivity contribution < 1.29 is 14.7 Å². The lowest BCUT2D eigenvalue weighted by Gasteiger charge is -2.15. The van der Waals surface area contributed by atoms with E-state index in [9.17, 15) is 9.59 Å². The van der Waals surface area contributed by atoms with Crippen LogP contribution in [-0.4, -0.2) is 36.1 Å². The third kappa shape index (κ3) is 6.90. The predicted molar refractivity (Wildman–Crippen MR) is 57.6 cm³/mol. The minimum atomic E-state index is -1.01. The second-order valence-electron chi connectivity index (χ2n) is 3.76. The van der Waals surface area contributed by atoms with Crippen molar-refractivity contribution >= 4 is 11.9 Å². The molecule has 0 aromatic heterocycles. The van der Waals surface area contributed by atoms with E-state index >= 15 is 0 Å². The zero-order valence-corrected chi connectivity index (χ0v) is 9.54. The molecule has 0 aliphatic rings. The van der Waals surface area contributed by atoms with Crippen LogP contribution in [0.5, 0.6) is 0 Å². The Morgan fingerprint density at radius 3 is 2.33 bits per heavy atom. The van der Waals surface area contributed by atoms with Gasteiger partial charge in [0.25, 0.3) is 0 Å². The number of amides is 1. The molecular formula is C10H20N2O3. The molecule has 0 heterocycles. The van der Waals surface area contributed by atoms with Crippen molar-refractivity contribution in [1.29, 1.82) is 0 Å². The van der Waals surface area contributed by atoms with Crippen LogP contribution in [0.15, 0.2) is 0 Å². The van der Waals surface area contributed by atoms with Crippen LogP contribution in [0.3, 0.4) is 0 Å². The van der Waals surface area contributed by atoms with Gasteiger partial charge in [0.15, 0.2) is 0 Å². The maximum absolute atomic E-state index is 10.7. The van der Waals surface area contributed by atoms with Crippen LogP contribution >= 0.6 is 0 Å². The summed E-state index contributed by atoms with van der Waals surface area (Å²) in [5, 5.41) is 14.2. The fraction of sp³-hybridized carbons (Fsp3) is 0.800. The van der Waals surface area contributed by atoms with Crippen molar-refractivity contribution in [2.45, 2.75) is 33.2 Å². The number of aliphatic carboxylic acids is 1. The average molecular weight is 216 g/mol. The number of carbonyl (C=O) groups is 2. The molecular weight excluding hydrogens is 196 g/mol. The van der Waals surface area contributed by atoms with Crippen LogP contribution < -0.4 is 10.6 Å². The van der Waals surface area contributed by atoms with Crippen LogP contribution in [0.25, 0.3) is 0 Å². The maximum atomic E-state index is 10.7. The van der Waals surface area contributed by atoms with E-state index in [0.29, 0.717) is 5.92 Å². The summed E-state index contributed by atoms with van der Waals surface area (Å²) >= 11 is 0. The minimum absolute atomic E-state index is 0.263. The molecule has 5 nitrogen and oxygen atoms in total. The van der Waals surface area contributed by atoms with Gasteiger partial charge in [0.2, 0.25) is 5.91 Å². The first-order valence-corrected chi connectivity index (χ1v) is 5.18. The number of carboxylic acids is 1. The normalized spacial score (nSPS) is 14.3. The van der Waals surface area contributed by atoms with Gasteiger partial charge in [0.05, 0.1) is 0 Å². The molecule has 0 fully saturated rings. The first-order valence-electron chi connectivity index (χ1n) is 5.18. The highest BCUT2D eigenvalue weighted by molar-refractivity contribution is 5.82. The van der Waals surface area contributed by atoms with Crippen molar-refractivity contribution in [3.05, 3.63) is 0 Å². The van der Waals surface area contributed by atoms with E-state index < -0.39 is 12.0 Å². The third-order valence-electron chi connectivity index (χ3n) is 2.21. The highest BCUT2D eigenvalue weighted by Crippen LogP contribution is 1.97. The van der Waals surface area contributed by atoms with Gasteiger partial charge in [-0.25, -0.2) is 4.79 Å². The molecule has 3 N–H and O–H groups in total. The van der Waals surface area contributed by atoms with Gasteiger partial charge in [-0.1, -0.05) is 20.3 Å². The summed E-state index contributed by atoms with van der Waals surface area (Å²) in [5.74, 6) is -0.827. The SMILES string of the molecule is CCC(C)CNCC(NC(C)=O)C(=O)O. The second kappa shape index (κ2) is 7.23. The molecule has 2 unspecified atom stereocenters. The molecule has 0 saturated carbocycles. The molecule has 0 aromatic rings. The molecule has 0 aliphatic heterocycles. The lowest BCUT2D eigenvalue weighted by Crippen LogP contribution is -2.47. The Morgan fingerprint density at radius 2 is 1.93 bits per heavy atom. The van der Waals surface area contributed by atoms with E-state index in [0.717, 1.165) is 13.0 Å². The summed E-state index contributed by atoms with van der Waals surface area (Å²) in [7, 11) is 0. The van der Waals surface area contributed by atoms with E-state index in [1.165, 1.54) is 6.92 Å². The van der Waals surface area contributed by atoms with E-state index in [-0.39, 0.29) is 12.5 Å². The molecule has 2 atom stereocenters. The Kier molecular flexibility index (Phi) is 6.70. The molecule has 0 radical (unpaired) electrons. The number of carboxylic acid groups (broad SMARTS) is 1. The number of hydrogen-bond acceptors (Lipinski definition) is 3. The molecule has 0 spiro atoms. The largest absolute Gasteiger partial charge is 0.480 e. The molecule has 1 amide bonds. The van der Waals surface area contributed by atoms with Crippen molar-refractivity contribution in [3.63, 3.8) is 0 Å². The number of carbonyl (C=O) groups excluding carboxylic acids is 1. The smallest absolute Gasteiger partial charge is 0.327 e. The summed E-state index contributed by atoms with van der Waals surface area (Å²) in [5.41, 5.74) is 0. The zero-order valence-electron chi connectivity index (χ0n) is 9.54. The van der Waals surface area contributed by atoms with E-state index in [1.54, 1.807) is 0 Å². The number of nitrogens with one attached hydrogen (secondary N) is 2. The van der Waals surface area contributed by atoms with Crippen LogP contribution in [0.4, 0.5) is 0 Å². The third-order valence-corrected chi connectivity index (χ3v) is 2.21. The number of hydrogen-bond donors (Lipinski definition) is 3. The summed E-state index contributed by atoms with van der Waals surface area (Å²) in [4.78, 5) is 21.4. The quantitative estimate of drug-likeness (QED) is 0.568. The summed E-state index contributed by atoms with van der Waals surface area (Å²) in [6.07, 6.45) is 1.05. The molecule has 5 heteroatoms. The first-order chi connectivity index (χ1) is 6.97. The monoisotopic (exact) mass is 216 g/mol. The van der Waals surface area contributed by atoms with Crippen molar-refractivity contribution in [1.82, 2.24) is 10.6 Å². The maximum Gasteiger partial charge on any atom is 0.327 e. The van der Waals surface area contributed by atoms with Crippen molar-refractivity contribution in [2.24, 2.45) is 5.92 Å². The highest BCUT2D eigenvalue weighted by atomic mass is 16.4. The molecule has 0 aromatic carbocycles.